The Hall–Kier alpha value is -3.56. The van der Waals surface area contributed by atoms with Crippen LogP contribution in [0, 0.1) is 6.57 Å². The van der Waals surface area contributed by atoms with Gasteiger partial charge in [-0.15, -0.1) is 0 Å². The number of benzene rings is 2. The standard InChI is InChI=1S/C23H20ClN3O3/c1-3-4-13-30-20-11-5-16(6-12-20)22-17(14-21(25-2)23(28)29)15-27(26-22)19-9-7-18(24)8-10-19/h5-12,14-15H,3-4,13H2,1H3,(H,28,29)/b21-14+. The van der Waals surface area contributed by atoms with E-state index in [0.717, 1.165) is 29.8 Å². The number of aliphatic carboxylic acids is 1. The summed E-state index contributed by atoms with van der Waals surface area (Å²) in [5, 5.41) is 14.5. The van der Waals surface area contributed by atoms with E-state index in [4.69, 9.17) is 22.9 Å². The number of hydrogen-bond acceptors (Lipinski definition) is 3. The number of unbranched alkanes of at least 4 members (excludes halogenated alkanes) is 1. The summed E-state index contributed by atoms with van der Waals surface area (Å²) in [4.78, 5) is 14.4. The Labute approximate surface area is 179 Å². The number of ether oxygens (including phenoxy) is 1. The molecule has 1 N–H and O–H groups in total. The lowest BCUT2D eigenvalue weighted by Gasteiger charge is -2.06. The number of carboxylic acids is 1. The summed E-state index contributed by atoms with van der Waals surface area (Å²) in [5.41, 5.74) is 2.25. The van der Waals surface area contributed by atoms with Crippen molar-refractivity contribution in [2.24, 2.45) is 0 Å². The van der Waals surface area contributed by atoms with Gasteiger partial charge >= 0.3 is 5.97 Å². The Bertz CT molecular complexity index is 1090. The van der Waals surface area contributed by atoms with Gasteiger partial charge in [0.2, 0.25) is 0 Å². The molecular formula is C23H20ClN3O3. The van der Waals surface area contributed by atoms with Gasteiger partial charge in [-0.25, -0.2) is 9.53 Å². The zero-order valence-electron chi connectivity index (χ0n) is 16.4. The minimum Gasteiger partial charge on any atom is -0.494 e. The fourth-order valence-electron chi connectivity index (χ4n) is 2.78. The Morgan fingerprint density at radius 2 is 1.93 bits per heavy atom. The molecule has 0 saturated heterocycles. The molecule has 0 aliphatic rings. The molecule has 1 heterocycles. The molecule has 30 heavy (non-hydrogen) atoms. The molecule has 6 nitrogen and oxygen atoms in total. The van der Waals surface area contributed by atoms with E-state index >= 15 is 0 Å². The van der Waals surface area contributed by atoms with Gasteiger partial charge in [0.15, 0.2) is 0 Å². The molecule has 0 atom stereocenters. The first-order chi connectivity index (χ1) is 14.5. The van der Waals surface area contributed by atoms with Crippen LogP contribution in [0.5, 0.6) is 5.75 Å². The summed E-state index contributed by atoms with van der Waals surface area (Å²) in [5.74, 6) is -0.524. The summed E-state index contributed by atoms with van der Waals surface area (Å²) in [6.07, 6.45) is 5.06. The predicted octanol–water partition coefficient (Wildman–Crippen LogP) is 5.72. The third-order valence-corrected chi connectivity index (χ3v) is 4.61. The highest BCUT2D eigenvalue weighted by Gasteiger charge is 2.15. The Balaban J connectivity index is 2.02. The molecule has 0 amide bonds. The summed E-state index contributed by atoms with van der Waals surface area (Å²) in [6, 6.07) is 14.6. The molecule has 0 aliphatic heterocycles. The molecular weight excluding hydrogens is 402 g/mol. The lowest BCUT2D eigenvalue weighted by Crippen LogP contribution is -1.96. The lowest BCUT2D eigenvalue weighted by atomic mass is 10.1. The average Bonchev–Trinajstić information content (AvgIpc) is 3.17. The van der Waals surface area contributed by atoms with Crippen LogP contribution < -0.4 is 4.74 Å². The highest BCUT2D eigenvalue weighted by molar-refractivity contribution is 6.30. The first-order valence-corrected chi connectivity index (χ1v) is 9.81. The number of carboxylic acid groups (broad SMARTS) is 1. The molecule has 3 rings (SSSR count). The first kappa shape index (κ1) is 21.2. The maximum atomic E-state index is 11.3. The molecule has 0 aliphatic carbocycles. The van der Waals surface area contributed by atoms with Crippen LogP contribution in [0.2, 0.25) is 5.02 Å². The normalized spacial score (nSPS) is 11.2. The Morgan fingerprint density at radius 3 is 2.53 bits per heavy atom. The molecule has 0 spiro atoms. The van der Waals surface area contributed by atoms with Gasteiger partial charge in [0.05, 0.1) is 24.6 Å². The molecule has 152 valence electrons. The van der Waals surface area contributed by atoms with E-state index in [0.29, 0.717) is 22.9 Å². The zero-order valence-corrected chi connectivity index (χ0v) is 17.1. The Kier molecular flexibility index (Phi) is 6.89. The Morgan fingerprint density at radius 1 is 1.23 bits per heavy atom. The first-order valence-electron chi connectivity index (χ1n) is 9.43. The fourth-order valence-corrected chi connectivity index (χ4v) is 2.90. The van der Waals surface area contributed by atoms with Crippen molar-refractivity contribution in [1.82, 2.24) is 9.78 Å². The van der Waals surface area contributed by atoms with Crippen LogP contribution >= 0.6 is 11.6 Å². The zero-order chi connectivity index (χ0) is 21.5. The van der Waals surface area contributed by atoms with Gasteiger partial charge in [-0.1, -0.05) is 24.9 Å². The molecule has 3 aromatic rings. The van der Waals surface area contributed by atoms with Gasteiger partial charge in [-0.05, 0) is 61.0 Å². The van der Waals surface area contributed by atoms with Gasteiger partial charge in [0.25, 0.3) is 5.70 Å². The van der Waals surface area contributed by atoms with E-state index in [-0.39, 0.29) is 5.70 Å². The number of aromatic nitrogens is 2. The molecule has 0 saturated carbocycles. The molecule has 0 unspecified atom stereocenters. The van der Waals surface area contributed by atoms with E-state index in [1.165, 1.54) is 6.08 Å². The number of carbonyl (C=O) groups is 1. The highest BCUT2D eigenvalue weighted by atomic mass is 35.5. The lowest BCUT2D eigenvalue weighted by molar-refractivity contribution is -0.132. The quantitative estimate of drug-likeness (QED) is 0.287. The maximum Gasteiger partial charge on any atom is 0.333 e. The van der Waals surface area contributed by atoms with Gasteiger partial charge < -0.3 is 9.84 Å². The molecule has 1 aromatic heterocycles. The maximum absolute atomic E-state index is 11.3. The summed E-state index contributed by atoms with van der Waals surface area (Å²) in [6.45, 7) is 9.89. The minimum atomic E-state index is -1.28. The van der Waals surface area contributed by atoms with E-state index < -0.39 is 5.97 Å². The SMILES string of the molecule is [C-]#[N+]/C(=C/c1cn(-c2ccc(Cl)cc2)nc1-c1ccc(OCCCC)cc1)C(=O)O. The third-order valence-electron chi connectivity index (χ3n) is 4.36. The van der Waals surface area contributed by atoms with E-state index in [2.05, 4.69) is 16.9 Å². The van der Waals surface area contributed by atoms with Crippen LogP contribution in [0.15, 0.2) is 60.4 Å². The van der Waals surface area contributed by atoms with Crippen molar-refractivity contribution < 1.29 is 14.6 Å². The second kappa shape index (κ2) is 9.77. The van der Waals surface area contributed by atoms with Gasteiger partial charge in [0.1, 0.15) is 5.75 Å². The van der Waals surface area contributed by atoms with Crippen molar-refractivity contribution in [3.05, 3.63) is 82.4 Å². The predicted molar refractivity (Wildman–Crippen MR) is 117 cm³/mol. The topological polar surface area (TPSA) is 68.7 Å². The highest BCUT2D eigenvalue weighted by Crippen LogP contribution is 2.28. The largest absolute Gasteiger partial charge is 0.494 e. The van der Waals surface area contributed by atoms with Crippen molar-refractivity contribution in [3.8, 4) is 22.7 Å². The second-order valence-corrected chi connectivity index (χ2v) is 6.96. The van der Waals surface area contributed by atoms with Crippen molar-refractivity contribution in [1.29, 1.82) is 0 Å². The average molecular weight is 422 g/mol. The van der Waals surface area contributed by atoms with E-state index in [1.54, 1.807) is 23.0 Å². The second-order valence-electron chi connectivity index (χ2n) is 6.53. The smallest absolute Gasteiger partial charge is 0.333 e. The molecule has 0 bridgehead atoms. The van der Waals surface area contributed by atoms with Crippen LogP contribution in [0.3, 0.4) is 0 Å². The summed E-state index contributed by atoms with van der Waals surface area (Å²) >= 11 is 5.96. The molecule has 7 heteroatoms. The molecule has 0 radical (unpaired) electrons. The van der Waals surface area contributed by atoms with Crippen LogP contribution in [0.25, 0.3) is 27.9 Å². The van der Waals surface area contributed by atoms with Gasteiger partial charge in [-0.2, -0.15) is 5.10 Å². The van der Waals surface area contributed by atoms with Gasteiger partial charge in [-0.3, -0.25) is 4.79 Å². The third kappa shape index (κ3) is 5.07. The van der Waals surface area contributed by atoms with Crippen molar-refractivity contribution in [3.63, 3.8) is 0 Å². The van der Waals surface area contributed by atoms with Crippen LogP contribution in [-0.2, 0) is 4.79 Å². The van der Waals surface area contributed by atoms with Gasteiger partial charge in [0, 0.05) is 22.3 Å². The minimum absolute atomic E-state index is 0.383. The van der Waals surface area contributed by atoms with Crippen LogP contribution in [-0.4, -0.2) is 27.5 Å². The van der Waals surface area contributed by atoms with E-state index in [9.17, 15) is 9.90 Å². The van der Waals surface area contributed by atoms with Crippen molar-refractivity contribution >= 4 is 23.6 Å². The number of hydrogen-bond donors (Lipinski definition) is 1. The monoisotopic (exact) mass is 421 g/mol. The molecule has 0 fully saturated rings. The number of halogens is 1. The van der Waals surface area contributed by atoms with Crippen LogP contribution in [0.4, 0.5) is 0 Å². The summed E-state index contributed by atoms with van der Waals surface area (Å²) in [7, 11) is 0. The fraction of sp³-hybridized carbons (Fsp3) is 0.174. The van der Waals surface area contributed by atoms with Crippen molar-refractivity contribution in [2.75, 3.05) is 6.61 Å². The molecule has 2 aromatic carbocycles. The van der Waals surface area contributed by atoms with E-state index in [1.807, 2.05) is 36.4 Å². The number of rotatable bonds is 8. The van der Waals surface area contributed by atoms with Crippen molar-refractivity contribution in [2.45, 2.75) is 19.8 Å². The summed E-state index contributed by atoms with van der Waals surface area (Å²) < 4.78 is 7.33. The van der Waals surface area contributed by atoms with Crippen LogP contribution in [0.1, 0.15) is 25.3 Å². The number of nitrogens with zero attached hydrogens (tertiary/aromatic N) is 3.